The number of aliphatic hydroxyl groups is 1. The van der Waals surface area contributed by atoms with Crippen molar-refractivity contribution in [2.24, 2.45) is 0 Å². The van der Waals surface area contributed by atoms with Crippen molar-refractivity contribution < 1.29 is 9.84 Å². The second-order valence-electron chi connectivity index (χ2n) is 6.90. The number of hydrogen-bond donors (Lipinski definition) is 2. The molecule has 3 heteroatoms. The highest BCUT2D eigenvalue weighted by Gasteiger charge is 2.22. The first-order valence-electron chi connectivity index (χ1n) is 7.51. The SMILES string of the molecule is Cc1ccc(OCC(O)CNC2CC2)c(C(C)(C)C)c1. The monoisotopic (exact) mass is 277 g/mol. The number of aryl methyl sites for hydroxylation is 1. The lowest BCUT2D eigenvalue weighted by Crippen LogP contribution is -2.32. The van der Waals surface area contributed by atoms with Crippen LogP contribution in [0.1, 0.15) is 44.7 Å². The standard InChI is InChI=1S/C17H27NO2/c1-12-5-8-16(15(9-12)17(2,3)4)20-11-14(19)10-18-13-6-7-13/h5,8-9,13-14,18-19H,6-7,10-11H2,1-4H3. The van der Waals surface area contributed by atoms with E-state index in [9.17, 15) is 5.11 Å². The van der Waals surface area contributed by atoms with Crippen LogP contribution in [-0.4, -0.2) is 30.4 Å². The Kier molecular flexibility index (Phi) is 4.71. The molecule has 0 spiro atoms. The number of ether oxygens (including phenoxy) is 1. The van der Waals surface area contributed by atoms with E-state index in [1.807, 2.05) is 6.07 Å². The molecule has 1 unspecified atom stereocenters. The van der Waals surface area contributed by atoms with E-state index in [1.165, 1.54) is 24.0 Å². The van der Waals surface area contributed by atoms with Gasteiger partial charge in [-0.3, -0.25) is 0 Å². The van der Waals surface area contributed by atoms with E-state index in [4.69, 9.17) is 4.74 Å². The fourth-order valence-electron chi connectivity index (χ4n) is 2.19. The van der Waals surface area contributed by atoms with Gasteiger partial charge in [-0.15, -0.1) is 0 Å². The molecule has 1 atom stereocenters. The van der Waals surface area contributed by atoms with Gasteiger partial charge in [0.25, 0.3) is 0 Å². The van der Waals surface area contributed by atoms with Crippen LogP contribution in [0.4, 0.5) is 0 Å². The molecule has 1 aromatic carbocycles. The van der Waals surface area contributed by atoms with Gasteiger partial charge in [-0.25, -0.2) is 0 Å². The Balaban J connectivity index is 1.94. The Morgan fingerprint density at radius 3 is 2.65 bits per heavy atom. The number of hydrogen-bond acceptors (Lipinski definition) is 3. The predicted octanol–water partition coefficient (Wildman–Crippen LogP) is 2.78. The van der Waals surface area contributed by atoms with E-state index >= 15 is 0 Å². The molecule has 0 aromatic heterocycles. The Morgan fingerprint density at radius 1 is 1.35 bits per heavy atom. The van der Waals surface area contributed by atoms with Crippen LogP contribution in [0, 0.1) is 6.92 Å². The number of nitrogens with one attached hydrogen (secondary N) is 1. The molecule has 1 aromatic rings. The number of benzene rings is 1. The molecule has 0 radical (unpaired) electrons. The Morgan fingerprint density at radius 2 is 2.05 bits per heavy atom. The molecular weight excluding hydrogens is 250 g/mol. The molecule has 0 heterocycles. The smallest absolute Gasteiger partial charge is 0.123 e. The molecule has 1 aliphatic carbocycles. The maximum Gasteiger partial charge on any atom is 0.123 e. The quantitative estimate of drug-likeness (QED) is 0.840. The van der Waals surface area contributed by atoms with E-state index in [0.29, 0.717) is 19.2 Å². The van der Waals surface area contributed by atoms with Gasteiger partial charge in [-0.2, -0.15) is 0 Å². The van der Waals surface area contributed by atoms with Crippen LogP contribution in [0.25, 0.3) is 0 Å². The van der Waals surface area contributed by atoms with Crippen LogP contribution in [0.2, 0.25) is 0 Å². The van der Waals surface area contributed by atoms with Crippen molar-refractivity contribution in [2.45, 2.75) is 58.1 Å². The van der Waals surface area contributed by atoms with Crippen LogP contribution in [0.15, 0.2) is 18.2 Å². The molecular formula is C17H27NO2. The summed E-state index contributed by atoms with van der Waals surface area (Å²) in [5.74, 6) is 0.883. The molecule has 0 amide bonds. The second kappa shape index (κ2) is 6.15. The fraction of sp³-hybridized carbons (Fsp3) is 0.647. The molecule has 1 aliphatic rings. The summed E-state index contributed by atoms with van der Waals surface area (Å²) in [5, 5.41) is 13.3. The number of aliphatic hydroxyl groups excluding tert-OH is 1. The molecule has 3 nitrogen and oxygen atoms in total. The Hall–Kier alpha value is -1.06. The highest BCUT2D eigenvalue weighted by Crippen LogP contribution is 2.32. The van der Waals surface area contributed by atoms with E-state index in [2.05, 4.69) is 45.1 Å². The molecule has 0 saturated heterocycles. The molecule has 112 valence electrons. The lowest BCUT2D eigenvalue weighted by Gasteiger charge is -2.24. The van der Waals surface area contributed by atoms with Gasteiger partial charge in [0.15, 0.2) is 0 Å². The zero-order chi connectivity index (χ0) is 14.8. The van der Waals surface area contributed by atoms with Crippen molar-refractivity contribution >= 4 is 0 Å². The molecule has 1 fully saturated rings. The molecule has 0 bridgehead atoms. The molecule has 20 heavy (non-hydrogen) atoms. The van der Waals surface area contributed by atoms with Gasteiger partial charge in [-0.05, 0) is 36.8 Å². The Labute approximate surface area is 122 Å². The van der Waals surface area contributed by atoms with Gasteiger partial charge in [0, 0.05) is 12.6 Å². The first-order chi connectivity index (χ1) is 9.36. The van der Waals surface area contributed by atoms with Gasteiger partial charge in [-0.1, -0.05) is 38.5 Å². The van der Waals surface area contributed by atoms with Crippen molar-refractivity contribution in [3.8, 4) is 5.75 Å². The maximum absolute atomic E-state index is 9.95. The minimum absolute atomic E-state index is 0.0402. The van der Waals surface area contributed by atoms with Gasteiger partial charge in [0.05, 0.1) is 0 Å². The highest BCUT2D eigenvalue weighted by atomic mass is 16.5. The minimum Gasteiger partial charge on any atom is -0.491 e. The van der Waals surface area contributed by atoms with Crippen molar-refractivity contribution in [3.05, 3.63) is 29.3 Å². The van der Waals surface area contributed by atoms with Crippen LogP contribution in [-0.2, 0) is 5.41 Å². The van der Waals surface area contributed by atoms with E-state index < -0.39 is 6.10 Å². The van der Waals surface area contributed by atoms with Gasteiger partial charge in [0.2, 0.25) is 0 Å². The molecule has 0 aliphatic heterocycles. The van der Waals surface area contributed by atoms with Crippen LogP contribution >= 0.6 is 0 Å². The average Bonchev–Trinajstić information content (AvgIpc) is 3.17. The van der Waals surface area contributed by atoms with E-state index in [-0.39, 0.29) is 5.41 Å². The maximum atomic E-state index is 9.95. The summed E-state index contributed by atoms with van der Waals surface area (Å²) >= 11 is 0. The summed E-state index contributed by atoms with van der Waals surface area (Å²) in [4.78, 5) is 0. The molecule has 2 N–H and O–H groups in total. The van der Waals surface area contributed by atoms with Crippen LogP contribution < -0.4 is 10.1 Å². The van der Waals surface area contributed by atoms with E-state index in [0.717, 1.165) is 5.75 Å². The molecule has 1 saturated carbocycles. The van der Waals surface area contributed by atoms with Gasteiger partial charge in [0.1, 0.15) is 18.5 Å². The van der Waals surface area contributed by atoms with Crippen LogP contribution in [0.5, 0.6) is 5.75 Å². The lowest BCUT2D eigenvalue weighted by molar-refractivity contribution is 0.105. The average molecular weight is 277 g/mol. The normalized spacial score (nSPS) is 17.1. The summed E-state index contributed by atoms with van der Waals surface area (Å²) in [6.45, 7) is 9.58. The fourth-order valence-corrected chi connectivity index (χ4v) is 2.19. The lowest BCUT2D eigenvalue weighted by atomic mass is 9.85. The van der Waals surface area contributed by atoms with Gasteiger partial charge < -0.3 is 15.2 Å². The Bertz CT molecular complexity index is 447. The second-order valence-corrected chi connectivity index (χ2v) is 6.90. The summed E-state index contributed by atoms with van der Waals surface area (Å²) in [5.41, 5.74) is 2.47. The first-order valence-corrected chi connectivity index (χ1v) is 7.51. The van der Waals surface area contributed by atoms with Crippen molar-refractivity contribution in [3.63, 3.8) is 0 Å². The summed E-state index contributed by atoms with van der Waals surface area (Å²) in [6.07, 6.45) is 2.02. The topological polar surface area (TPSA) is 41.5 Å². The third-order valence-corrected chi connectivity index (χ3v) is 3.59. The third kappa shape index (κ3) is 4.50. The summed E-state index contributed by atoms with van der Waals surface area (Å²) in [7, 11) is 0. The van der Waals surface area contributed by atoms with Crippen molar-refractivity contribution in [1.82, 2.24) is 5.32 Å². The summed E-state index contributed by atoms with van der Waals surface area (Å²) in [6, 6.07) is 6.86. The van der Waals surface area contributed by atoms with Crippen molar-refractivity contribution in [1.29, 1.82) is 0 Å². The highest BCUT2D eigenvalue weighted by molar-refractivity contribution is 5.41. The first kappa shape index (κ1) is 15.3. The van der Waals surface area contributed by atoms with E-state index in [1.54, 1.807) is 0 Å². The third-order valence-electron chi connectivity index (χ3n) is 3.59. The van der Waals surface area contributed by atoms with Crippen molar-refractivity contribution in [2.75, 3.05) is 13.2 Å². The zero-order valence-corrected chi connectivity index (χ0v) is 13.1. The van der Waals surface area contributed by atoms with Gasteiger partial charge >= 0.3 is 0 Å². The van der Waals surface area contributed by atoms with Crippen LogP contribution in [0.3, 0.4) is 0 Å². The molecule has 2 rings (SSSR count). The summed E-state index contributed by atoms with van der Waals surface area (Å²) < 4.78 is 5.84. The minimum atomic E-state index is -0.454. The largest absolute Gasteiger partial charge is 0.491 e. The predicted molar refractivity (Wildman–Crippen MR) is 82.4 cm³/mol. The zero-order valence-electron chi connectivity index (χ0n) is 13.1. The number of rotatable bonds is 6.